The molecule has 2 atom stereocenters. The van der Waals surface area contributed by atoms with E-state index >= 15 is 0 Å². The van der Waals surface area contributed by atoms with E-state index in [1.807, 2.05) is 6.92 Å². The maximum Gasteiger partial charge on any atom is 0.255 e. The number of hydrogen-bond donors (Lipinski definition) is 1. The molecule has 2 aromatic heterocycles. The van der Waals surface area contributed by atoms with Crippen LogP contribution in [-0.4, -0.2) is 25.6 Å². The second-order valence-corrected chi connectivity index (χ2v) is 4.67. The van der Waals surface area contributed by atoms with Gasteiger partial charge in [0.2, 0.25) is 0 Å². The van der Waals surface area contributed by atoms with Crippen LogP contribution in [0.3, 0.4) is 0 Å². The number of rotatable bonds is 2. The topological polar surface area (TPSA) is 55.1 Å². The summed E-state index contributed by atoms with van der Waals surface area (Å²) >= 11 is 6.06. The SMILES string of the molecule is Cc1c(Cl)nc2ncnn2c1NC1CC1C. The van der Waals surface area contributed by atoms with Crippen molar-refractivity contribution in [3.63, 3.8) is 0 Å². The van der Waals surface area contributed by atoms with Crippen LogP contribution in [0.5, 0.6) is 0 Å². The van der Waals surface area contributed by atoms with Crippen molar-refractivity contribution in [2.24, 2.45) is 5.92 Å². The molecule has 1 fully saturated rings. The van der Waals surface area contributed by atoms with Gasteiger partial charge in [-0.15, -0.1) is 0 Å². The van der Waals surface area contributed by atoms with Crippen LogP contribution in [0.25, 0.3) is 5.78 Å². The lowest BCUT2D eigenvalue weighted by atomic mass is 10.3. The third-order valence-corrected chi connectivity index (χ3v) is 3.40. The predicted octanol–water partition coefficient (Wildman–Crippen LogP) is 1.91. The van der Waals surface area contributed by atoms with Crippen LogP contribution in [0.1, 0.15) is 18.9 Å². The summed E-state index contributed by atoms with van der Waals surface area (Å²) in [6.07, 6.45) is 2.68. The Kier molecular flexibility index (Phi) is 2.04. The van der Waals surface area contributed by atoms with E-state index in [0.29, 0.717) is 22.9 Å². The Morgan fingerprint density at radius 3 is 3.00 bits per heavy atom. The summed E-state index contributed by atoms with van der Waals surface area (Å²) in [5.41, 5.74) is 0.916. The highest BCUT2D eigenvalue weighted by Crippen LogP contribution is 2.34. The minimum absolute atomic E-state index is 0.483. The molecule has 2 aromatic rings. The smallest absolute Gasteiger partial charge is 0.255 e. The molecule has 0 aliphatic heterocycles. The van der Waals surface area contributed by atoms with E-state index in [1.54, 1.807) is 4.52 Å². The largest absolute Gasteiger partial charge is 0.367 e. The van der Waals surface area contributed by atoms with E-state index in [2.05, 4.69) is 27.3 Å². The molecule has 1 aliphatic rings. The van der Waals surface area contributed by atoms with Crippen molar-refractivity contribution in [2.45, 2.75) is 26.3 Å². The summed E-state index contributed by atoms with van der Waals surface area (Å²) in [6.45, 7) is 4.15. The lowest BCUT2D eigenvalue weighted by Crippen LogP contribution is -2.11. The van der Waals surface area contributed by atoms with E-state index < -0.39 is 0 Å². The van der Waals surface area contributed by atoms with E-state index in [9.17, 15) is 0 Å². The molecule has 3 rings (SSSR count). The minimum atomic E-state index is 0.483. The Morgan fingerprint density at radius 2 is 2.31 bits per heavy atom. The second kappa shape index (κ2) is 3.31. The fraction of sp³-hybridized carbons (Fsp3) is 0.500. The molecule has 5 nitrogen and oxygen atoms in total. The van der Waals surface area contributed by atoms with Gasteiger partial charge in [-0.2, -0.15) is 19.6 Å². The third kappa shape index (κ3) is 1.43. The van der Waals surface area contributed by atoms with Gasteiger partial charge >= 0.3 is 0 Å². The molecule has 84 valence electrons. The number of hydrogen-bond acceptors (Lipinski definition) is 4. The average molecular weight is 238 g/mol. The molecular formula is C10H12ClN5. The number of nitrogens with one attached hydrogen (secondary N) is 1. The summed E-state index contributed by atoms with van der Waals surface area (Å²) < 4.78 is 1.70. The maximum atomic E-state index is 6.06. The Balaban J connectivity index is 2.11. The zero-order valence-corrected chi connectivity index (χ0v) is 9.86. The summed E-state index contributed by atoms with van der Waals surface area (Å²) in [5.74, 6) is 2.15. The van der Waals surface area contributed by atoms with Crippen LogP contribution < -0.4 is 5.32 Å². The standard InChI is InChI=1S/C10H12ClN5/c1-5-3-7(5)14-9-6(2)8(11)15-10-12-4-13-16(9)10/h4-5,7,14H,3H2,1-2H3. The number of aromatic nitrogens is 4. The summed E-state index contributed by atoms with van der Waals surface area (Å²) in [5, 5.41) is 8.07. The van der Waals surface area contributed by atoms with Crippen LogP contribution in [0.4, 0.5) is 5.82 Å². The van der Waals surface area contributed by atoms with Gasteiger partial charge in [-0.1, -0.05) is 18.5 Å². The molecule has 0 bridgehead atoms. The van der Waals surface area contributed by atoms with Gasteiger partial charge < -0.3 is 5.32 Å². The van der Waals surface area contributed by atoms with E-state index in [-0.39, 0.29) is 0 Å². The molecule has 1 N–H and O–H groups in total. The lowest BCUT2D eigenvalue weighted by molar-refractivity contribution is 0.880. The van der Waals surface area contributed by atoms with Gasteiger partial charge in [-0.05, 0) is 19.3 Å². The van der Waals surface area contributed by atoms with Gasteiger partial charge in [-0.25, -0.2) is 0 Å². The molecule has 16 heavy (non-hydrogen) atoms. The molecule has 6 heteroatoms. The van der Waals surface area contributed by atoms with Gasteiger partial charge in [0, 0.05) is 11.6 Å². The highest BCUT2D eigenvalue weighted by molar-refractivity contribution is 6.30. The third-order valence-electron chi connectivity index (χ3n) is 3.04. The fourth-order valence-electron chi connectivity index (χ4n) is 1.77. The minimum Gasteiger partial charge on any atom is -0.367 e. The Bertz CT molecular complexity index is 549. The van der Waals surface area contributed by atoms with E-state index in [0.717, 1.165) is 11.4 Å². The molecule has 1 aliphatic carbocycles. The first-order chi connectivity index (χ1) is 7.66. The first-order valence-electron chi connectivity index (χ1n) is 5.29. The van der Waals surface area contributed by atoms with E-state index in [4.69, 9.17) is 11.6 Å². The fourth-order valence-corrected chi connectivity index (χ4v) is 1.93. The summed E-state index contributed by atoms with van der Waals surface area (Å²) in [6, 6.07) is 0.518. The predicted molar refractivity (Wildman–Crippen MR) is 61.7 cm³/mol. The van der Waals surface area contributed by atoms with Gasteiger partial charge in [0.1, 0.15) is 17.3 Å². The highest BCUT2D eigenvalue weighted by Gasteiger charge is 2.33. The van der Waals surface area contributed by atoms with Crippen molar-refractivity contribution < 1.29 is 0 Å². The Labute approximate surface area is 97.8 Å². The molecule has 0 radical (unpaired) electrons. The zero-order chi connectivity index (χ0) is 11.3. The van der Waals surface area contributed by atoms with Crippen molar-refractivity contribution in [3.8, 4) is 0 Å². The maximum absolute atomic E-state index is 6.06. The van der Waals surface area contributed by atoms with E-state index in [1.165, 1.54) is 12.7 Å². The van der Waals surface area contributed by atoms with Crippen molar-refractivity contribution >= 4 is 23.2 Å². The van der Waals surface area contributed by atoms with Crippen LogP contribution in [0, 0.1) is 12.8 Å². The molecule has 0 saturated heterocycles. The van der Waals surface area contributed by atoms with Crippen LogP contribution in [-0.2, 0) is 0 Å². The highest BCUT2D eigenvalue weighted by atomic mass is 35.5. The summed E-state index contributed by atoms with van der Waals surface area (Å²) in [4.78, 5) is 8.20. The summed E-state index contributed by atoms with van der Waals surface area (Å²) in [7, 11) is 0. The van der Waals surface area contributed by atoms with Crippen LogP contribution in [0.15, 0.2) is 6.33 Å². The van der Waals surface area contributed by atoms with Gasteiger partial charge in [0.05, 0.1) is 0 Å². The Morgan fingerprint density at radius 1 is 1.56 bits per heavy atom. The van der Waals surface area contributed by atoms with Crippen LogP contribution in [0.2, 0.25) is 5.15 Å². The van der Waals surface area contributed by atoms with Gasteiger partial charge in [0.25, 0.3) is 5.78 Å². The van der Waals surface area contributed by atoms with Crippen molar-refractivity contribution in [3.05, 3.63) is 17.0 Å². The second-order valence-electron chi connectivity index (χ2n) is 4.31. The monoisotopic (exact) mass is 237 g/mol. The van der Waals surface area contributed by atoms with Crippen molar-refractivity contribution in [2.75, 3.05) is 5.32 Å². The average Bonchev–Trinajstić information content (AvgIpc) is 2.76. The molecule has 0 aromatic carbocycles. The normalized spacial score (nSPS) is 23.7. The number of fused-ring (bicyclic) bond motifs is 1. The first-order valence-corrected chi connectivity index (χ1v) is 5.67. The molecule has 0 amide bonds. The zero-order valence-electron chi connectivity index (χ0n) is 9.11. The Hall–Kier alpha value is -1.36. The molecule has 1 saturated carbocycles. The lowest BCUT2D eigenvalue weighted by Gasteiger charge is -2.10. The molecular weight excluding hydrogens is 226 g/mol. The quantitative estimate of drug-likeness (QED) is 0.811. The van der Waals surface area contributed by atoms with Gasteiger partial charge in [-0.3, -0.25) is 0 Å². The first kappa shape index (κ1) is 9.84. The number of halogens is 1. The van der Waals surface area contributed by atoms with Crippen molar-refractivity contribution in [1.82, 2.24) is 19.6 Å². The molecule has 0 spiro atoms. The molecule has 2 unspecified atom stereocenters. The van der Waals surface area contributed by atoms with Crippen LogP contribution >= 0.6 is 11.6 Å². The number of nitrogens with zero attached hydrogens (tertiary/aromatic N) is 4. The van der Waals surface area contributed by atoms with Crippen molar-refractivity contribution in [1.29, 1.82) is 0 Å². The van der Waals surface area contributed by atoms with Gasteiger partial charge in [0.15, 0.2) is 0 Å². The molecule has 2 heterocycles. The number of anilines is 1.